The summed E-state index contributed by atoms with van der Waals surface area (Å²) in [6.45, 7) is 7.11. The number of carbonyl (C=O) groups excluding carboxylic acids is 1. The van der Waals surface area contributed by atoms with Crippen LogP contribution in [0, 0.1) is 5.41 Å². The number of hydroxylamine groups is 2. The lowest BCUT2D eigenvalue weighted by atomic mass is 9.90. The lowest BCUT2D eigenvalue weighted by Crippen LogP contribution is -2.38. The van der Waals surface area contributed by atoms with E-state index in [2.05, 4.69) is 21.8 Å². The van der Waals surface area contributed by atoms with E-state index in [1.54, 1.807) is 0 Å². The number of pyridine rings is 1. The number of hydrogen-bond acceptors (Lipinski definition) is 4. The molecule has 4 rings (SSSR count). The van der Waals surface area contributed by atoms with Gasteiger partial charge in [0.1, 0.15) is 0 Å². The Balaban J connectivity index is 1.56. The zero-order valence-electron chi connectivity index (χ0n) is 17.1. The number of nitrogens with zero attached hydrogens (tertiary/aromatic N) is 3. The highest BCUT2D eigenvalue weighted by molar-refractivity contribution is 6.30. The Morgan fingerprint density at radius 2 is 1.83 bits per heavy atom. The fraction of sp³-hybridized carbons (Fsp3) is 0.391. The van der Waals surface area contributed by atoms with Crippen LogP contribution in [0.5, 0.6) is 0 Å². The number of aromatic nitrogens is 2. The molecule has 3 heterocycles. The first-order valence-corrected chi connectivity index (χ1v) is 10.4. The molecule has 152 valence electrons. The van der Waals surface area contributed by atoms with Crippen molar-refractivity contribution in [1.82, 2.24) is 14.6 Å². The third-order valence-corrected chi connectivity index (χ3v) is 5.71. The number of rotatable bonds is 3. The Bertz CT molecular complexity index is 1010. The number of hydrogen-bond donors (Lipinski definition) is 0. The molecule has 6 heteroatoms. The number of benzene rings is 1. The quantitative estimate of drug-likeness (QED) is 0.581. The molecule has 2 aromatic heterocycles. The Labute approximate surface area is 176 Å². The van der Waals surface area contributed by atoms with Crippen LogP contribution >= 0.6 is 11.6 Å². The highest BCUT2D eigenvalue weighted by Gasteiger charge is 2.29. The molecular formula is C23H26ClN3O2. The number of halogens is 1. The fourth-order valence-corrected chi connectivity index (χ4v) is 3.88. The molecule has 5 nitrogen and oxygen atoms in total. The van der Waals surface area contributed by atoms with Gasteiger partial charge in [-0.25, -0.2) is 4.79 Å². The summed E-state index contributed by atoms with van der Waals surface area (Å²) in [5.41, 5.74) is 2.98. The second-order valence-corrected chi connectivity index (χ2v) is 9.09. The van der Waals surface area contributed by atoms with Crippen molar-refractivity contribution in [3.05, 3.63) is 59.5 Å². The van der Waals surface area contributed by atoms with Gasteiger partial charge >= 0.3 is 5.97 Å². The van der Waals surface area contributed by atoms with Crippen molar-refractivity contribution in [1.29, 1.82) is 0 Å². The first-order chi connectivity index (χ1) is 13.8. The van der Waals surface area contributed by atoms with Gasteiger partial charge in [-0.05, 0) is 75.4 Å². The molecule has 1 aromatic carbocycles. The minimum atomic E-state index is -0.490. The summed E-state index contributed by atoms with van der Waals surface area (Å²) in [7, 11) is 0. The van der Waals surface area contributed by atoms with Crippen molar-refractivity contribution < 1.29 is 9.63 Å². The fourth-order valence-electron chi connectivity index (χ4n) is 3.75. The third-order valence-electron chi connectivity index (χ3n) is 5.46. The van der Waals surface area contributed by atoms with Crippen LogP contribution in [0.15, 0.2) is 48.9 Å². The monoisotopic (exact) mass is 411 g/mol. The van der Waals surface area contributed by atoms with Crippen molar-refractivity contribution >= 4 is 28.5 Å². The van der Waals surface area contributed by atoms with E-state index in [-0.39, 0.29) is 5.97 Å². The number of piperidine rings is 1. The molecule has 0 bridgehead atoms. The normalized spacial score (nSPS) is 16.3. The molecule has 0 N–H and O–H groups in total. The molecule has 1 saturated heterocycles. The zero-order chi connectivity index (χ0) is 20.6. The minimum Gasteiger partial charge on any atom is -0.367 e. The van der Waals surface area contributed by atoms with Crippen LogP contribution in [0.3, 0.4) is 0 Å². The maximum atomic E-state index is 12.2. The van der Waals surface area contributed by atoms with E-state index in [0.717, 1.165) is 42.2 Å². The van der Waals surface area contributed by atoms with Gasteiger partial charge in [0.15, 0.2) is 0 Å². The molecule has 0 saturated carbocycles. The van der Waals surface area contributed by atoms with Gasteiger partial charge in [-0.1, -0.05) is 11.6 Å². The SMILES string of the molecule is CC(C)(C)C(=O)ON1CCC(c2cn(-c3ccc(Cl)cc3)c3cnccc23)CC1. The lowest BCUT2D eigenvalue weighted by molar-refractivity contribution is -0.204. The van der Waals surface area contributed by atoms with E-state index in [1.807, 2.05) is 62.5 Å². The predicted molar refractivity (Wildman–Crippen MR) is 115 cm³/mol. The Morgan fingerprint density at radius 3 is 2.48 bits per heavy atom. The van der Waals surface area contributed by atoms with Crippen LogP contribution in [0.25, 0.3) is 16.6 Å². The summed E-state index contributed by atoms with van der Waals surface area (Å²) in [5, 5.41) is 3.75. The molecule has 0 unspecified atom stereocenters. The van der Waals surface area contributed by atoms with Crippen LogP contribution in [-0.4, -0.2) is 33.7 Å². The van der Waals surface area contributed by atoms with Crippen molar-refractivity contribution in [2.45, 2.75) is 39.5 Å². The molecule has 0 spiro atoms. The van der Waals surface area contributed by atoms with Crippen molar-refractivity contribution in [2.75, 3.05) is 13.1 Å². The Hall–Kier alpha value is -2.37. The average Bonchev–Trinajstić information content (AvgIpc) is 3.08. The molecule has 1 aliphatic rings. The predicted octanol–water partition coefficient (Wildman–Crippen LogP) is 5.36. The standard InChI is InChI=1S/C23H26ClN3O2/c1-23(2,3)22(28)29-26-12-9-16(10-13-26)20-15-27(18-6-4-17(24)5-7-18)21-14-25-11-8-19(20)21/h4-8,11,14-16H,9-10,12-13H2,1-3H3. The zero-order valence-corrected chi connectivity index (χ0v) is 17.8. The van der Waals surface area contributed by atoms with E-state index in [0.29, 0.717) is 5.92 Å². The van der Waals surface area contributed by atoms with Gasteiger partial charge in [0.25, 0.3) is 0 Å². The van der Waals surface area contributed by atoms with E-state index >= 15 is 0 Å². The van der Waals surface area contributed by atoms with Gasteiger partial charge in [-0.2, -0.15) is 0 Å². The van der Waals surface area contributed by atoms with Crippen molar-refractivity contribution in [3.63, 3.8) is 0 Å². The highest BCUT2D eigenvalue weighted by Crippen LogP contribution is 2.36. The first-order valence-electron chi connectivity index (χ1n) is 10.0. The molecular weight excluding hydrogens is 386 g/mol. The van der Waals surface area contributed by atoms with Gasteiger partial charge in [0, 0.05) is 41.6 Å². The minimum absolute atomic E-state index is 0.179. The second-order valence-electron chi connectivity index (χ2n) is 8.66. The maximum Gasteiger partial charge on any atom is 0.330 e. The van der Waals surface area contributed by atoms with Gasteiger partial charge in [-0.3, -0.25) is 4.98 Å². The largest absolute Gasteiger partial charge is 0.367 e. The molecule has 3 aromatic rings. The van der Waals surface area contributed by atoms with Gasteiger partial charge in [-0.15, -0.1) is 5.06 Å². The van der Waals surface area contributed by atoms with Crippen LogP contribution in [0.4, 0.5) is 0 Å². The number of fused-ring (bicyclic) bond motifs is 1. The van der Waals surface area contributed by atoms with Crippen molar-refractivity contribution in [2.24, 2.45) is 5.41 Å². The topological polar surface area (TPSA) is 47.4 Å². The highest BCUT2D eigenvalue weighted by atomic mass is 35.5. The lowest BCUT2D eigenvalue weighted by Gasteiger charge is -2.32. The molecule has 1 aliphatic heterocycles. The Kier molecular flexibility index (Phi) is 5.36. The van der Waals surface area contributed by atoms with E-state index in [9.17, 15) is 4.79 Å². The summed E-state index contributed by atoms with van der Waals surface area (Å²) in [6, 6.07) is 9.94. The van der Waals surface area contributed by atoms with Gasteiger partial charge in [0.2, 0.25) is 0 Å². The molecule has 1 fully saturated rings. The van der Waals surface area contributed by atoms with E-state index < -0.39 is 5.41 Å². The average molecular weight is 412 g/mol. The number of carbonyl (C=O) groups is 1. The van der Waals surface area contributed by atoms with Gasteiger partial charge in [0.05, 0.1) is 17.1 Å². The summed E-state index contributed by atoms with van der Waals surface area (Å²) < 4.78 is 2.18. The summed E-state index contributed by atoms with van der Waals surface area (Å²) in [6.07, 6.45) is 7.86. The Morgan fingerprint density at radius 1 is 1.14 bits per heavy atom. The van der Waals surface area contributed by atoms with E-state index in [1.165, 1.54) is 10.9 Å². The summed E-state index contributed by atoms with van der Waals surface area (Å²) >= 11 is 6.06. The summed E-state index contributed by atoms with van der Waals surface area (Å²) in [4.78, 5) is 22.1. The van der Waals surface area contributed by atoms with E-state index in [4.69, 9.17) is 16.4 Å². The third kappa shape index (κ3) is 4.16. The molecule has 0 radical (unpaired) electrons. The van der Waals surface area contributed by atoms with Crippen molar-refractivity contribution in [3.8, 4) is 5.69 Å². The summed E-state index contributed by atoms with van der Waals surface area (Å²) in [5.74, 6) is 0.236. The van der Waals surface area contributed by atoms with Crippen LogP contribution in [-0.2, 0) is 9.63 Å². The van der Waals surface area contributed by atoms with Crippen LogP contribution in [0.1, 0.15) is 45.1 Å². The molecule has 0 amide bonds. The van der Waals surface area contributed by atoms with Crippen LogP contribution in [0.2, 0.25) is 5.02 Å². The molecule has 0 aliphatic carbocycles. The van der Waals surface area contributed by atoms with Crippen LogP contribution < -0.4 is 0 Å². The molecule has 0 atom stereocenters. The van der Waals surface area contributed by atoms with Gasteiger partial charge < -0.3 is 9.40 Å². The smallest absolute Gasteiger partial charge is 0.330 e. The second kappa shape index (κ2) is 7.81. The first kappa shape index (κ1) is 19.9. The molecule has 29 heavy (non-hydrogen) atoms. The maximum absolute atomic E-state index is 12.2.